The Labute approximate surface area is 185 Å². The van der Waals surface area contributed by atoms with E-state index in [-0.39, 0.29) is 0 Å². The molecule has 0 fully saturated rings. The van der Waals surface area contributed by atoms with Gasteiger partial charge < -0.3 is 14.4 Å². The fourth-order valence-corrected chi connectivity index (χ4v) is 4.42. The fraction of sp³-hybridized carbons (Fsp3) is 0.750. The molecule has 0 radical (unpaired) electrons. The zero-order chi connectivity index (χ0) is 22.5. The van der Waals surface area contributed by atoms with Gasteiger partial charge in [-0.25, -0.2) is 8.42 Å². The highest BCUT2D eigenvalue weighted by molar-refractivity contribution is 7.92. The molecule has 0 saturated heterocycles. The van der Waals surface area contributed by atoms with E-state index in [1.807, 2.05) is 6.92 Å². The Morgan fingerprint density at radius 3 is 2.10 bits per heavy atom. The predicted octanol–water partition coefficient (Wildman–Crippen LogP) is 4.88. The molecular formula is C24H43NO4S. The van der Waals surface area contributed by atoms with Gasteiger partial charge in [0.25, 0.3) is 0 Å². The summed E-state index contributed by atoms with van der Waals surface area (Å²) in [5, 5.41) is 0. The number of hydrogen-bond donors (Lipinski definition) is 0. The highest BCUT2D eigenvalue weighted by Gasteiger charge is 2.27. The molecule has 0 aliphatic rings. The van der Waals surface area contributed by atoms with Crippen molar-refractivity contribution in [2.24, 2.45) is 0 Å². The van der Waals surface area contributed by atoms with Crippen molar-refractivity contribution in [2.75, 3.05) is 50.7 Å². The van der Waals surface area contributed by atoms with Gasteiger partial charge in [0, 0.05) is 32.5 Å². The third-order valence-electron chi connectivity index (χ3n) is 5.39. The Hall–Kier alpha value is -1.11. The lowest BCUT2D eigenvalue weighted by Gasteiger charge is -2.24. The van der Waals surface area contributed by atoms with E-state index in [9.17, 15) is 8.42 Å². The van der Waals surface area contributed by atoms with Crippen molar-refractivity contribution in [3.63, 3.8) is 0 Å². The first-order valence-corrected chi connectivity index (χ1v) is 13.0. The number of anilines is 1. The summed E-state index contributed by atoms with van der Waals surface area (Å²) >= 11 is 0. The van der Waals surface area contributed by atoms with Crippen molar-refractivity contribution in [1.82, 2.24) is 0 Å². The average molecular weight is 442 g/mol. The fourth-order valence-electron chi connectivity index (χ4n) is 3.22. The Bertz CT molecular complexity index is 665. The molecule has 6 heteroatoms. The van der Waals surface area contributed by atoms with Gasteiger partial charge in [-0.15, -0.1) is 0 Å². The van der Waals surface area contributed by atoms with E-state index in [4.69, 9.17) is 9.47 Å². The van der Waals surface area contributed by atoms with Gasteiger partial charge in [0.15, 0.2) is 9.84 Å². The quantitative estimate of drug-likeness (QED) is 0.342. The molecule has 0 aromatic heterocycles. The standard InChI is InChI=1S/C24H43NO4S/c1-6-29-20-18-25(17-19-28-5)23-15-13-22(14-16-23)12-10-8-7-9-11-21-30(26,27)24(2,3)4/h13-16H,6-12,17-21H2,1-5H3. The second kappa shape index (κ2) is 14.0. The average Bonchev–Trinajstić information content (AvgIpc) is 2.69. The van der Waals surface area contributed by atoms with E-state index in [0.29, 0.717) is 12.4 Å². The van der Waals surface area contributed by atoms with E-state index in [1.54, 1.807) is 27.9 Å². The molecule has 0 saturated carbocycles. The minimum absolute atomic E-state index is 0.306. The van der Waals surface area contributed by atoms with Crippen LogP contribution in [0.4, 0.5) is 5.69 Å². The molecule has 0 unspecified atom stereocenters. The normalized spacial score (nSPS) is 12.3. The highest BCUT2D eigenvalue weighted by atomic mass is 32.2. The van der Waals surface area contributed by atoms with Crippen LogP contribution in [0.2, 0.25) is 0 Å². The summed E-state index contributed by atoms with van der Waals surface area (Å²) in [5.41, 5.74) is 2.56. The van der Waals surface area contributed by atoms with Crippen LogP contribution >= 0.6 is 0 Å². The summed E-state index contributed by atoms with van der Waals surface area (Å²) < 4.78 is 34.3. The van der Waals surface area contributed by atoms with Crippen molar-refractivity contribution in [2.45, 2.75) is 71.0 Å². The van der Waals surface area contributed by atoms with Gasteiger partial charge in [0.05, 0.1) is 23.7 Å². The lowest BCUT2D eigenvalue weighted by atomic mass is 10.1. The van der Waals surface area contributed by atoms with E-state index < -0.39 is 14.6 Å². The number of methoxy groups -OCH3 is 1. The molecule has 0 bridgehead atoms. The van der Waals surface area contributed by atoms with Crippen LogP contribution in [-0.2, 0) is 25.7 Å². The summed E-state index contributed by atoms with van der Waals surface area (Å²) in [6.45, 7) is 11.2. The molecule has 0 N–H and O–H groups in total. The minimum atomic E-state index is -2.98. The molecule has 1 aromatic rings. The van der Waals surface area contributed by atoms with Crippen molar-refractivity contribution in [3.05, 3.63) is 29.8 Å². The van der Waals surface area contributed by atoms with Crippen LogP contribution < -0.4 is 4.90 Å². The molecule has 5 nitrogen and oxygen atoms in total. The van der Waals surface area contributed by atoms with Crippen molar-refractivity contribution < 1.29 is 17.9 Å². The van der Waals surface area contributed by atoms with E-state index in [0.717, 1.165) is 64.8 Å². The van der Waals surface area contributed by atoms with Crippen molar-refractivity contribution in [1.29, 1.82) is 0 Å². The molecule has 174 valence electrons. The van der Waals surface area contributed by atoms with Crippen LogP contribution in [0.1, 0.15) is 65.4 Å². The van der Waals surface area contributed by atoms with Crippen molar-refractivity contribution >= 4 is 15.5 Å². The minimum Gasteiger partial charge on any atom is -0.383 e. The summed E-state index contributed by atoms with van der Waals surface area (Å²) in [7, 11) is -1.25. The maximum atomic E-state index is 12.1. The number of benzene rings is 1. The Balaban J connectivity index is 2.33. The highest BCUT2D eigenvalue weighted by Crippen LogP contribution is 2.19. The van der Waals surface area contributed by atoms with Gasteiger partial charge in [-0.05, 0) is 64.7 Å². The lowest BCUT2D eigenvalue weighted by Crippen LogP contribution is -2.30. The number of ether oxygens (including phenoxy) is 2. The number of rotatable bonds is 16. The maximum absolute atomic E-state index is 12.1. The number of unbranched alkanes of at least 4 members (excludes halogenated alkanes) is 4. The smallest absolute Gasteiger partial charge is 0.155 e. The maximum Gasteiger partial charge on any atom is 0.155 e. The van der Waals surface area contributed by atoms with Crippen LogP contribution in [0.25, 0.3) is 0 Å². The van der Waals surface area contributed by atoms with E-state index in [1.165, 1.54) is 11.3 Å². The molecule has 0 atom stereocenters. The summed E-state index contributed by atoms with van der Waals surface area (Å²) in [5.74, 6) is 0.306. The van der Waals surface area contributed by atoms with Crippen LogP contribution in [0.5, 0.6) is 0 Å². The number of nitrogens with zero attached hydrogens (tertiary/aromatic N) is 1. The van der Waals surface area contributed by atoms with Gasteiger partial charge in [0.2, 0.25) is 0 Å². The van der Waals surface area contributed by atoms with Crippen LogP contribution in [0.15, 0.2) is 24.3 Å². The molecule has 0 amide bonds. The number of aryl methyl sites for hydroxylation is 1. The van der Waals surface area contributed by atoms with Gasteiger partial charge in [-0.3, -0.25) is 0 Å². The summed E-state index contributed by atoms with van der Waals surface area (Å²) in [6.07, 6.45) is 6.21. The van der Waals surface area contributed by atoms with Crippen LogP contribution in [0, 0.1) is 0 Å². The largest absolute Gasteiger partial charge is 0.383 e. The molecular weight excluding hydrogens is 398 g/mol. The predicted molar refractivity (Wildman–Crippen MR) is 127 cm³/mol. The monoisotopic (exact) mass is 441 g/mol. The number of hydrogen-bond acceptors (Lipinski definition) is 5. The Morgan fingerprint density at radius 2 is 1.50 bits per heavy atom. The first kappa shape index (κ1) is 26.9. The van der Waals surface area contributed by atoms with Crippen LogP contribution in [-0.4, -0.2) is 58.9 Å². The topological polar surface area (TPSA) is 55.8 Å². The third kappa shape index (κ3) is 10.3. The molecule has 30 heavy (non-hydrogen) atoms. The van der Waals surface area contributed by atoms with Gasteiger partial charge in [-0.2, -0.15) is 0 Å². The number of sulfone groups is 1. The first-order chi connectivity index (χ1) is 14.2. The zero-order valence-corrected chi connectivity index (χ0v) is 20.6. The van der Waals surface area contributed by atoms with Gasteiger partial charge >= 0.3 is 0 Å². The molecule has 0 heterocycles. The molecule has 0 spiro atoms. The van der Waals surface area contributed by atoms with E-state index in [2.05, 4.69) is 29.2 Å². The lowest BCUT2D eigenvalue weighted by molar-refractivity contribution is 0.151. The molecule has 1 aromatic carbocycles. The molecule has 0 aliphatic carbocycles. The zero-order valence-electron chi connectivity index (χ0n) is 19.8. The first-order valence-electron chi connectivity index (χ1n) is 11.3. The molecule has 1 rings (SSSR count). The third-order valence-corrected chi connectivity index (χ3v) is 8.08. The van der Waals surface area contributed by atoms with Crippen molar-refractivity contribution in [3.8, 4) is 0 Å². The van der Waals surface area contributed by atoms with Crippen LogP contribution in [0.3, 0.4) is 0 Å². The second-order valence-corrected chi connectivity index (χ2v) is 11.7. The van der Waals surface area contributed by atoms with E-state index >= 15 is 0 Å². The summed E-state index contributed by atoms with van der Waals surface area (Å²) in [6, 6.07) is 8.81. The van der Waals surface area contributed by atoms with Gasteiger partial charge in [-0.1, -0.05) is 31.4 Å². The Kier molecular flexibility index (Phi) is 12.6. The SMILES string of the molecule is CCOCCN(CCOC)c1ccc(CCCCCCCS(=O)(=O)C(C)(C)C)cc1. The summed E-state index contributed by atoms with van der Waals surface area (Å²) in [4.78, 5) is 2.30. The Morgan fingerprint density at radius 1 is 0.900 bits per heavy atom. The molecule has 0 aliphatic heterocycles. The second-order valence-electron chi connectivity index (χ2n) is 8.79. The van der Waals surface area contributed by atoms with Gasteiger partial charge in [0.1, 0.15) is 0 Å².